The zero-order valence-electron chi connectivity index (χ0n) is 9.66. The smallest absolute Gasteiger partial charge is 0.407 e. The summed E-state index contributed by atoms with van der Waals surface area (Å²) in [5.74, 6) is -0.502. The van der Waals surface area contributed by atoms with Crippen molar-refractivity contribution in [3.05, 3.63) is 12.7 Å². The monoisotopic (exact) mass is 229 g/mol. The second kappa shape index (κ2) is 10.0. The van der Waals surface area contributed by atoms with Gasteiger partial charge in [0.15, 0.2) is 0 Å². The highest BCUT2D eigenvalue weighted by Crippen LogP contribution is 1.93. The number of carbonyl (C=O) groups is 2. The molecule has 0 bridgehead atoms. The first-order valence-electron chi connectivity index (χ1n) is 5.40. The normalized spacial score (nSPS) is 9.31. The molecule has 0 radical (unpaired) electrons. The zero-order valence-corrected chi connectivity index (χ0v) is 9.66. The van der Waals surface area contributed by atoms with E-state index in [1.165, 1.54) is 0 Å². The number of ether oxygens (including phenoxy) is 2. The Labute approximate surface area is 95.8 Å². The molecule has 0 spiro atoms. The molecule has 0 saturated carbocycles. The summed E-state index contributed by atoms with van der Waals surface area (Å²) >= 11 is 0. The Balaban J connectivity index is 3.30. The van der Waals surface area contributed by atoms with E-state index >= 15 is 0 Å². The van der Waals surface area contributed by atoms with E-state index in [1.807, 2.05) is 0 Å². The predicted octanol–water partition coefficient (Wildman–Crippen LogP) is 1.63. The average molecular weight is 229 g/mol. The van der Waals surface area contributed by atoms with Crippen molar-refractivity contribution in [2.75, 3.05) is 19.8 Å². The first kappa shape index (κ1) is 14.5. The van der Waals surface area contributed by atoms with E-state index < -0.39 is 12.1 Å². The lowest BCUT2D eigenvalue weighted by Crippen LogP contribution is -2.28. The molecule has 0 heterocycles. The minimum Gasteiger partial charge on any atom is -0.461 e. The summed E-state index contributed by atoms with van der Waals surface area (Å²) in [6.07, 6.45) is 3.59. The zero-order chi connectivity index (χ0) is 12.2. The molecule has 0 aromatic heterocycles. The second-order valence-corrected chi connectivity index (χ2v) is 3.14. The minimum atomic E-state index is -0.502. The second-order valence-electron chi connectivity index (χ2n) is 3.14. The van der Waals surface area contributed by atoms with Crippen molar-refractivity contribution >= 4 is 12.1 Å². The maximum atomic E-state index is 11.0. The lowest BCUT2D eigenvalue weighted by molar-refractivity contribution is -0.137. The van der Waals surface area contributed by atoms with Gasteiger partial charge in [-0.25, -0.2) is 9.59 Å². The molecule has 0 aromatic rings. The first-order chi connectivity index (χ1) is 7.70. The molecule has 16 heavy (non-hydrogen) atoms. The van der Waals surface area contributed by atoms with Crippen molar-refractivity contribution in [1.82, 2.24) is 5.32 Å². The van der Waals surface area contributed by atoms with Crippen LogP contribution in [0.1, 0.15) is 26.2 Å². The van der Waals surface area contributed by atoms with Gasteiger partial charge in [0.25, 0.3) is 0 Å². The first-order valence-corrected chi connectivity index (χ1v) is 5.40. The number of unbranched alkanes of at least 4 members (excludes halogenated alkanes) is 2. The molecule has 5 heteroatoms. The highest BCUT2D eigenvalue weighted by atomic mass is 16.6. The van der Waals surface area contributed by atoms with Crippen LogP contribution in [0.4, 0.5) is 4.79 Å². The average Bonchev–Trinajstić information content (AvgIpc) is 2.30. The SMILES string of the molecule is C=CC(=O)OCCNC(=O)OCCCCC. The van der Waals surface area contributed by atoms with E-state index in [0.29, 0.717) is 6.61 Å². The summed E-state index contributed by atoms with van der Waals surface area (Å²) in [7, 11) is 0. The number of alkyl carbamates (subject to hydrolysis) is 1. The predicted molar refractivity (Wildman–Crippen MR) is 60.0 cm³/mol. The van der Waals surface area contributed by atoms with E-state index in [-0.39, 0.29) is 13.2 Å². The molecule has 0 aliphatic heterocycles. The summed E-state index contributed by atoms with van der Waals surface area (Å²) < 4.78 is 9.52. The van der Waals surface area contributed by atoms with Crippen LogP contribution in [-0.4, -0.2) is 31.8 Å². The molecule has 0 aliphatic rings. The van der Waals surface area contributed by atoms with E-state index in [9.17, 15) is 9.59 Å². The van der Waals surface area contributed by atoms with Crippen molar-refractivity contribution in [3.63, 3.8) is 0 Å². The Bertz CT molecular complexity index is 228. The van der Waals surface area contributed by atoms with Gasteiger partial charge < -0.3 is 14.8 Å². The lowest BCUT2D eigenvalue weighted by Gasteiger charge is -2.06. The number of amides is 1. The Morgan fingerprint density at radius 2 is 2.00 bits per heavy atom. The van der Waals surface area contributed by atoms with Crippen LogP contribution < -0.4 is 5.32 Å². The summed E-state index contributed by atoms with van der Waals surface area (Å²) in [5.41, 5.74) is 0. The molecule has 1 amide bonds. The number of esters is 1. The van der Waals surface area contributed by atoms with Gasteiger partial charge in [-0.1, -0.05) is 26.3 Å². The molecule has 5 nitrogen and oxygen atoms in total. The molecule has 0 aliphatic carbocycles. The number of hydrogen-bond acceptors (Lipinski definition) is 4. The van der Waals surface area contributed by atoms with E-state index in [4.69, 9.17) is 4.74 Å². The van der Waals surface area contributed by atoms with Crippen LogP contribution >= 0.6 is 0 Å². The van der Waals surface area contributed by atoms with Gasteiger partial charge in [-0.05, 0) is 6.42 Å². The molecule has 0 unspecified atom stereocenters. The number of carbonyl (C=O) groups excluding carboxylic acids is 2. The molecule has 92 valence electrons. The highest BCUT2D eigenvalue weighted by molar-refractivity contribution is 5.81. The van der Waals surface area contributed by atoms with Gasteiger partial charge in [0, 0.05) is 6.08 Å². The van der Waals surface area contributed by atoms with Crippen LogP contribution in [0.25, 0.3) is 0 Å². The quantitative estimate of drug-likeness (QED) is 0.390. The lowest BCUT2D eigenvalue weighted by atomic mass is 10.3. The number of hydrogen-bond donors (Lipinski definition) is 1. The highest BCUT2D eigenvalue weighted by Gasteiger charge is 2.01. The fraction of sp³-hybridized carbons (Fsp3) is 0.636. The Morgan fingerprint density at radius 3 is 2.62 bits per heavy atom. The van der Waals surface area contributed by atoms with Crippen LogP contribution in [0.3, 0.4) is 0 Å². The Kier molecular flexibility index (Phi) is 9.06. The molecular formula is C11H19NO4. The third-order valence-electron chi connectivity index (χ3n) is 1.76. The van der Waals surface area contributed by atoms with Crippen molar-refractivity contribution < 1.29 is 19.1 Å². The van der Waals surface area contributed by atoms with Gasteiger partial charge in [-0.2, -0.15) is 0 Å². The topological polar surface area (TPSA) is 64.6 Å². The van der Waals surface area contributed by atoms with Crippen LogP contribution in [-0.2, 0) is 14.3 Å². The standard InChI is InChI=1S/C11H19NO4/c1-3-5-6-8-16-11(14)12-7-9-15-10(13)4-2/h4H,2-3,5-9H2,1H3,(H,12,14). The minimum absolute atomic E-state index is 0.120. The van der Waals surface area contributed by atoms with Gasteiger partial charge in [0.05, 0.1) is 13.2 Å². The molecule has 0 aromatic carbocycles. The van der Waals surface area contributed by atoms with Gasteiger partial charge >= 0.3 is 12.1 Å². The van der Waals surface area contributed by atoms with Gasteiger partial charge in [-0.15, -0.1) is 0 Å². The van der Waals surface area contributed by atoms with Crippen molar-refractivity contribution in [2.45, 2.75) is 26.2 Å². The molecule has 0 rings (SSSR count). The van der Waals surface area contributed by atoms with Gasteiger partial charge in [0.1, 0.15) is 6.61 Å². The summed E-state index contributed by atoms with van der Waals surface area (Å²) in [6.45, 7) is 6.11. The maximum absolute atomic E-state index is 11.0. The summed E-state index contributed by atoms with van der Waals surface area (Å²) in [5, 5.41) is 2.47. The fourth-order valence-corrected chi connectivity index (χ4v) is 0.932. The van der Waals surface area contributed by atoms with E-state index in [2.05, 4.69) is 23.6 Å². The van der Waals surface area contributed by atoms with Crippen molar-refractivity contribution in [3.8, 4) is 0 Å². The van der Waals surface area contributed by atoms with Crippen LogP contribution in [0.15, 0.2) is 12.7 Å². The van der Waals surface area contributed by atoms with Crippen LogP contribution in [0.5, 0.6) is 0 Å². The third-order valence-corrected chi connectivity index (χ3v) is 1.76. The van der Waals surface area contributed by atoms with Crippen LogP contribution in [0.2, 0.25) is 0 Å². The molecular weight excluding hydrogens is 210 g/mol. The van der Waals surface area contributed by atoms with Crippen molar-refractivity contribution in [1.29, 1.82) is 0 Å². The fourth-order valence-electron chi connectivity index (χ4n) is 0.932. The number of nitrogens with one attached hydrogen (secondary N) is 1. The summed E-state index contributed by atoms with van der Waals surface area (Å²) in [4.78, 5) is 21.6. The molecule has 0 saturated heterocycles. The summed E-state index contributed by atoms with van der Waals surface area (Å²) in [6, 6.07) is 0. The van der Waals surface area contributed by atoms with Gasteiger partial charge in [0.2, 0.25) is 0 Å². The molecule has 0 fully saturated rings. The molecule has 0 atom stereocenters. The maximum Gasteiger partial charge on any atom is 0.407 e. The van der Waals surface area contributed by atoms with Crippen molar-refractivity contribution in [2.24, 2.45) is 0 Å². The van der Waals surface area contributed by atoms with Crippen LogP contribution in [0, 0.1) is 0 Å². The van der Waals surface area contributed by atoms with Gasteiger partial charge in [-0.3, -0.25) is 0 Å². The Morgan fingerprint density at radius 1 is 1.25 bits per heavy atom. The molecule has 1 N–H and O–H groups in total. The van der Waals surface area contributed by atoms with E-state index in [1.54, 1.807) is 0 Å². The Hall–Kier alpha value is -1.52. The largest absolute Gasteiger partial charge is 0.461 e. The van der Waals surface area contributed by atoms with E-state index in [0.717, 1.165) is 25.3 Å². The number of rotatable bonds is 8. The third kappa shape index (κ3) is 9.05.